The van der Waals surface area contributed by atoms with Gasteiger partial charge in [0.05, 0.1) is 0 Å². The first-order valence-corrected chi connectivity index (χ1v) is 9.93. The second kappa shape index (κ2) is 10.9. The highest BCUT2D eigenvalue weighted by molar-refractivity contribution is 5.31. The predicted molar refractivity (Wildman–Crippen MR) is 119 cm³/mol. The minimum Gasteiger partial charge on any atom is -0.490 e. The van der Waals surface area contributed by atoms with Crippen LogP contribution in [0.3, 0.4) is 0 Å². The number of nitrogens with zero attached hydrogens (tertiary/aromatic N) is 1. The van der Waals surface area contributed by atoms with Crippen molar-refractivity contribution in [3.8, 4) is 17.4 Å². The van der Waals surface area contributed by atoms with E-state index in [1.54, 1.807) is 6.08 Å². The highest BCUT2D eigenvalue weighted by Gasteiger charge is 2.09. The fourth-order valence-corrected chi connectivity index (χ4v) is 3.15. The van der Waals surface area contributed by atoms with E-state index in [1.165, 1.54) is 5.56 Å². The van der Waals surface area contributed by atoms with Crippen molar-refractivity contribution in [2.75, 3.05) is 6.61 Å². The van der Waals surface area contributed by atoms with E-state index >= 15 is 0 Å². The van der Waals surface area contributed by atoms with Crippen LogP contribution in [0, 0.1) is 0 Å². The maximum Gasteiger partial charge on any atom is 0.219 e. The summed E-state index contributed by atoms with van der Waals surface area (Å²) in [5.74, 6) is 2.59. The minimum atomic E-state index is 0.312. The molecule has 0 amide bonds. The smallest absolute Gasteiger partial charge is 0.219 e. The SMILES string of the molecule is C=CCOc1ccc(C(C=C)CCCc2cccc(Oc3ccccc3)n2)cc1. The molecule has 0 aliphatic heterocycles. The van der Waals surface area contributed by atoms with E-state index < -0.39 is 0 Å². The standard InChI is InChI=1S/C26H27NO2/c1-3-20-28-24-18-16-22(17-19-24)21(4-2)10-8-11-23-12-9-15-26(27-23)29-25-13-6-5-7-14-25/h3-7,9,12-19,21H,1-2,8,10-11,20H2. The number of hydrogen-bond donors (Lipinski definition) is 0. The zero-order valence-corrected chi connectivity index (χ0v) is 16.7. The van der Waals surface area contributed by atoms with Crippen molar-refractivity contribution >= 4 is 0 Å². The fourth-order valence-electron chi connectivity index (χ4n) is 3.15. The van der Waals surface area contributed by atoms with Crippen LogP contribution in [0.4, 0.5) is 0 Å². The van der Waals surface area contributed by atoms with E-state index in [2.05, 4.69) is 30.3 Å². The van der Waals surface area contributed by atoms with Crippen molar-refractivity contribution in [3.63, 3.8) is 0 Å². The van der Waals surface area contributed by atoms with E-state index in [1.807, 2.05) is 66.7 Å². The van der Waals surface area contributed by atoms with Crippen LogP contribution >= 0.6 is 0 Å². The zero-order chi connectivity index (χ0) is 20.3. The van der Waals surface area contributed by atoms with Crippen LogP contribution in [-0.4, -0.2) is 11.6 Å². The predicted octanol–water partition coefficient (Wildman–Crippen LogP) is 6.73. The Morgan fingerprint density at radius 3 is 2.38 bits per heavy atom. The van der Waals surface area contributed by atoms with E-state index in [0.29, 0.717) is 18.4 Å². The van der Waals surface area contributed by atoms with Crippen molar-refractivity contribution in [2.24, 2.45) is 0 Å². The van der Waals surface area contributed by atoms with Gasteiger partial charge in [-0.15, -0.1) is 6.58 Å². The van der Waals surface area contributed by atoms with Gasteiger partial charge in [0.1, 0.15) is 18.1 Å². The Balaban J connectivity index is 1.53. The van der Waals surface area contributed by atoms with Gasteiger partial charge in [-0.2, -0.15) is 0 Å². The summed E-state index contributed by atoms with van der Waals surface area (Å²) in [7, 11) is 0. The molecular weight excluding hydrogens is 358 g/mol. The van der Waals surface area contributed by atoms with Crippen molar-refractivity contribution in [2.45, 2.75) is 25.2 Å². The molecule has 0 N–H and O–H groups in total. The number of pyridine rings is 1. The highest BCUT2D eigenvalue weighted by atomic mass is 16.5. The summed E-state index contributed by atoms with van der Waals surface area (Å²) in [5, 5.41) is 0. The summed E-state index contributed by atoms with van der Waals surface area (Å²) >= 11 is 0. The van der Waals surface area contributed by atoms with Gasteiger partial charge >= 0.3 is 0 Å². The summed E-state index contributed by atoms with van der Waals surface area (Å²) in [6, 6.07) is 23.9. The second-order valence-corrected chi connectivity index (χ2v) is 6.79. The molecule has 0 aliphatic rings. The molecule has 0 saturated heterocycles. The third kappa shape index (κ3) is 6.35. The Morgan fingerprint density at radius 2 is 1.66 bits per heavy atom. The van der Waals surface area contributed by atoms with Crippen LogP contribution in [0.2, 0.25) is 0 Å². The molecule has 0 fully saturated rings. The van der Waals surface area contributed by atoms with Crippen molar-refractivity contribution < 1.29 is 9.47 Å². The first-order valence-electron chi connectivity index (χ1n) is 9.93. The topological polar surface area (TPSA) is 31.4 Å². The van der Waals surface area contributed by atoms with E-state index in [9.17, 15) is 0 Å². The summed E-state index contributed by atoms with van der Waals surface area (Å²) in [6.07, 6.45) is 6.70. The van der Waals surface area contributed by atoms with Crippen molar-refractivity contribution in [1.82, 2.24) is 4.98 Å². The summed E-state index contributed by atoms with van der Waals surface area (Å²) < 4.78 is 11.4. The monoisotopic (exact) mass is 385 g/mol. The van der Waals surface area contributed by atoms with Gasteiger partial charge in [-0.25, -0.2) is 4.98 Å². The van der Waals surface area contributed by atoms with Crippen LogP contribution in [0.25, 0.3) is 0 Å². The molecule has 1 unspecified atom stereocenters. The molecule has 3 nitrogen and oxygen atoms in total. The largest absolute Gasteiger partial charge is 0.490 e. The highest BCUT2D eigenvalue weighted by Crippen LogP contribution is 2.26. The maximum absolute atomic E-state index is 5.83. The number of allylic oxidation sites excluding steroid dienone is 1. The molecule has 3 aromatic rings. The normalized spacial score (nSPS) is 11.4. The van der Waals surface area contributed by atoms with Gasteiger partial charge in [-0.05, 0) is 55.2 Å². The number of hydrogen-bond acceptors (Lipinski definition) is 3. The van der Waals surface area contributed by atoms with Gasteiger partial charge in [-0.3, -0.25) is 0 Å². The van der Waals surface area contributed by atoms with Gasteiger partial charge < -0.3 is 9.47 Å². The maximum atomic E-state index is 5.83. The van der Waals surface area contributed by atoms with Crippen LogP contribution in [0.1, 0.15) is 30.0 Å². The van der Waals surface area contributed by atoms with Crippen LogP contribution in [-0.2, 0) is 6.42 Å². The van der Waals surface area contributed by atoms with Crippen LogP contribution < -0.4 is 9.47 Å². The third-order valence-corrected chi connectivity index (χ3v) is 4.66. The number of para-hydroxylation sites is 1. The molecular formula is C26H27NO2. The summed E-state index contributed by atoms with van der Waals surface area (Å²) in [5.41, 5.74) is 2.29. The van der Waals surface area contributed by atoms with Crippen molar-refractivity contribution in [3.05, 3.63) is 109 Å². The molecule has 1 aromatic heterocycles. The molecule has 2 aromatic carbocycles. The van der Waals surface area contributed by atoms with Gasteiger partial charge in [-0.1, -0.05) is 55.1 Å². The first-order chi connectivity index (χ1) is 14.3. The zero-order valence-electron chi connectivity index (χ0n) is 16.7. The van der Waals surface area contributed by atoms with Gasteiger partial charge in [0, 0.05) is 17.7 Å². The molecule has 148 valence electrons. The second-order valence-electron chi connectivity index (χ2n) is 6.79. The lowest BCUT2D eigenvalue weighted by molar-refractivity contribution is 0.363. The van der Waals surface area contributed by atoms with E-state index in [4.69, 9.17) is 9.47 Å². The number of ether oxygens (including phenoxy) is 2. The number of rotatable bonds is 11. The molecule has 0 bridgehead atoms. The lowest BCUT2D eigenvalue weighted by Crippen LogP contribution is -1.99. The molecule has 1 atom stereocenters. The average molecular weight is 386 g/mol. The van der Waals surface area contributed by atoms with Gasteiger partial charge in [0.25, 0.3) is 0 Å². The molecule has 3 heteroatoms. The van der Waals surface area contributed by atoms with Crippen LogP contribution in [0.5, 0.6) is 17.4 Å². The molecule has 29 heavy (non-hydrogen) atoms. The number of aromatic nitrogens is 1. The Bertz CT molecular complexity index is 904. The Labute approximate surface area is 173 Å². The molecule has 1 heterocycles. The summed E-state index contributed by atoms with van der Waals surface area (Å²) in [4.78, 5) is 4.63. The molecule has 0 radical (unpaired) electrons. The minimum absolute atomic E-state index is 0.312. The lowest BCUT2D eigenvalue weighted by Gasteiger charge is -2.14. The molecule has 0 spiro atoms. The van der Waals surface area contributed by atoms with E-state index in [-0.39, 0.29) is 0 Å². The Hall–Kier alpha value is -3.33. The Morgan fingerprint density at radius 1 is 0.862 bits per heavy atom. The fraction of sp³-hybridized carbons (Fsp3) is 0.192. The summed E-state index contributed by atoms with van der Waals surface area (Å²) in [6.45, 7) is 8.20. The van der Waals surface area contributed by atoms with Crippen molar-refractivity contribution in [1.29, 1.82) is 0 Å². The molecule has 0 aliphatic carbocycles. The van der Waals surface area contributed by atoms with E-state index in [0.717, 1.165) is 36.5 Å². The third-order valence-electron chi connectivity index (χ3n) is 4.66. The molecule has 0 saturated carbocycles. The first kappa shape index (κ1) is 20.4. The number of benzene rings is 2. The van der Waals surface area contributed by atoms with Gasteiger partial charge in [0.2, 0.25) is 5.88 Å². The number of aryl methyl sites for hydroxylation is 1. The lowest BCUT2D eigenvalue weighted by atomic mass is 9.93. The van der Waals surface area contributed by atoms with Crippen LogP contribution in [0.15, 0.2) is 98.1 Å². The van der Waals surface area contributed by atoms with Gasteiger partial charge in [0.15, 0.2) is 0 Å². The molecule has 3 rings (SSSR count). The Kier molecular flexibility index (Phi) is 7.64. The quantitative estimate of drug-likeness (QED) is 0.343. The average Bonchev–Trinajstić information content (AvgIpc) is 2.77.